The normalized spacial score (nSPS) is 11.7. The van der Waals surface area contributed by atoms with Crippen molar-refractivity contribution >= 4 is 28.3 Å². The molecule has 0 aliphatic rings. The number of anilines is 1. The molecule has 0 unspecified atom stereocenters. The van der Waals surface area contributed by atoms with Crippen molar-refractivity contribution in [3.05, 3.63) is 56.2 Å². The first-order valence-electron chi connectivity index (χ1n) is 6.62. The number of hydrogen-bond donors (Lipinski definition) is 2. The first-order valence-corrected chi connectivity index (χ1v) is 7.50. The van der Waals surface area contributed by atoms with Gasteiger partial charge in [-0.1, -0.05) is 0 Å². The van der Waals surface area contributed by atoms with Crippen molar-refractivity contribution < 1.29 is 18.1 Å². The van der Waals surface area contributed by atoms with E-state index in [4.69, 9.17) is 5.26 Å². The Hall–Kier alpha value is -3.13. The summed E-state index contributed by atoms with van der Waals surface area (Å²) in [7, 11) is 0. The van der Waals surface area contributed by atoms with Gasteiger partial charge in [0.05, 0.1) is 10.5 Å². The smallest absolute Gasteiger partial charge is 0.307 e. The number of nitrogens with zero attached hydrogens (tertiary/aromatic N) is 3. The molecule has 0 saturated heterocycles. The molecule has 0 aliphatic heterocycles. The molecule has 0 radical (unpaired) electrons. The molecule has 1 heterocycles. The monoisotopic (exact) mass is 369 g/mol. The lowest BCUT2D eigenvalue weighted by Gasteiger charge is -2.10. The highest BCUT2D eigenvalue weighted by Gasteiger charge is 2.33. The van der Waals surface area contributed by atoms with Crippen molar-refractivity contribution in [2.75, 3.05) is 5.43 Å². The van der Waals surface area contributed by atoms with Crippen LogP contribution in [-0.2, 0) is 6.18 Å². The second kappa shape index (κ2) is 7.18. The molecule has 1 aromatic carbocycles. The van der Waals surface area contributed by atoms with Crippen LogP contribution in [0, 0.1) is 28.4 Å². The van der Waals surface area contributed by atoms with Gasteiger partial charge in [0.25, 0.3) is 5.69 Å². The predicted octanol–water partition coefficient (Wildman–Crippen LogP) is 3.86. The van der Waals surface area contributed by atoms with Crippen molar-refractivity contribution in [2.24, 2.45) is 0 Å². The second-order valence-electron chi connectivity index (χ2n) is 4.72. The molecule has 0 saturated carbocycles. The third kappa shape index (κ3) is 4.45. The van der Waals surface area contributed by atoms with Crippen molar-refractivity contribution in [1.29, 1.82) is 5.26 Å². The number of halogens is 3. The lowest BCUT2D eigenvalue weighted by Crippen LogP contribution is -2.17. The Morgan fingerprint density at radius 2 is 2.20 bits per heavy atom. The lowest BCUT2D eigenvalue weighted by molar-refractivity contribution is -0.384. The molecule has 2 N–H and O–H groups in total. The number of aromatic nitrogens is 1. The minimum absolute atomic E-state index is 0.167. The van der Waals surface area contributed by atoms with Crippen LogP contribution in [0.1, 0.15) is 16.3 Å². The highest BCUT2D eigenvalue weighted by atomic mass is 32.1. The molecular formula is C14H10F3N5O2S. The Balaban J connectivity index is 2.21. The SMILES string of the molecule is Cc1csc(/C(C#N)=C/NNc2ccc(C(F)(F)F)cc2[N+](=O)[O-])n1. The average molecular weight is 369 g/mol. The number of nitro groups is 1. The quantitative estimate of drug-likeness (QED) is 0.471. The van der Waals surface area contributed by atoms with Gasteiger partial charge in [-0.15, -0.1) is 11.3 Å². The van der Waals surface area contributed by atoms with Gasteiger partial charge < -0.3 is 5.43 Å². The number of hydrazine groups is 1. The average Bonchev–Trinajstić information content (AvgIpc) is 2.96. The Morgan fingerprint density at radius 3 is 2.72 bits per heavy atom. The number of benzene rings is 1. The van der Waals surface area contributed by atoms with Gasteiger partial charge in [0, 0.05) is 23.3 Å². The van der Waals surface area contributed by atoms with E-state index in [-0.39, 0.29) is 11.3 Å². The lowest BCUT2D eigenvalue weighted by atomic mass is 10.1. The maximum Gasteiger partial charge on any atom is 0.416 e. The standard InChI is InChI=1S/C14H10F3N5O2S/c1-8-7-25-13(20-8)9(5-18)6-19-21-11-3-2-10(14(15,16)17)4-12(11)22(23)24/h2-4,6-7,19,21H,1H3/b9-6+. The van der Waals surface area contributed by atoms with Gasteiger partial charge in [0.1, 0.15) is 22.3 Å². The first kappa shape index (κ1) is 18.2. The zero-order chi connectivity index (χ0) is 18.6. The molecule has 0 spiro atoms. The molecule has 130 valence electrons. The van der Waals surface area contributed by atoms with Crippen LogP contribution in [0.25, 0.3) is 5.57 Å². The van der Waals surface area contributed by atoms with E-state index >= 15 is 0 Å². The Kier molecular flexibility index (Phi) is 5.23. The molecule has 7 nitrogen and oxygen atoms in total. The van der Waals surface area contributed by atoms with Crippen LogP contribution in [0.5, 0.6) is 0 Å². The highest BCUT2D eigenvalue weighted by Crippen LogP contribution is 2.34. The van der Waals surface area contributed by atoms with E-state index in [1.54, 1.807) is 12.3 Å². The summed E-state index contributed by atoms with van der Waals surface area (Å²) in [5.74, 6) is 0. The summed E-state index contributed by atoms with van der Waals surface area (Å²) in [6.45, 7) is 1.76. The van der Waals surface area contributed by atoms with Crippen molar-refractivity contribution in [3.8, 4) is 6.07 Å². The van der Waals surface area contributed by atoms with Gasteiger partial charge in [-0.2, -0.15) is 18.4 Å². The van der Waals surface area contributed by atoms with E-state index in [0.717, 1.165) is 17.8 Å². The van der Waals surface area contributed by atoms with Gasteiger partial charge in [-0.3, -0.25) is 15.5 Å². The van der Waals surface area contributed by atoms with Gasteiger partial charge in [0.2, 0.25) is 0 Å². The summed E-state index contributed by atoms with van der Waals surface area (Å²) in [6.07, 6.45) is -3.47. The van der Waals surface area contributed by atoms with Crippen LogP contribution in [-0.4, -0.2) is 9.91 Å². The van der Waals surface area contributed by atoms with Crippen LogP contribution in [0.15, 0.2) is 29.8 Å². The maximum absolute atomic E-state index is 12.6. The summed E-state index contributed by atoms with van der Waals surface area (Å²) in [5.41, 5.74) is 3.70. The first-order chi connectivity index (χ1) is 11.7. The third-order valence-electron chi connectivity index (χ3n) is 2.91. The van der Waals surface area contributed by atoms with E-state index in [1.807, 2.05) is 6.07 Å². The van der Waals surface area contributed by atoms with Crippen LogP contribution >= 0.6 is 11.3 Å². The number of nitrogens with one attached hydrogen (secondary N) is 2. The number of alkyl halides is 3. The Morgan fingerprint density at radius 1 is 1.48 bits per heavy atom. The Labute approximate surface area is 143 Å². The summed E-state index contributed by atoms with van der Waals surface area (Å²) in [6, 6.07) is 3.99. The molecular weight excluding hydrogens is 359 g/mol. The molecule has 0 aliphatic carbocycles. The predicted molar refractivity (Wildman–Crippen MR) is 85.3 cm³/mol. The molecule has 2 aromatic rings. The molecule has 0 bridgehead atoms. The fourth-order valence-electron chi connectivity index (χ4n) is 1.77. The molecule has 0 fully saturated rings. The van der Waals surface area contributed by atoms with Crippen molar-refractivity contribution in [3.63, 3.8) is 0 Å². The largest absolute Gasteiger partial charge is 0.416 e. The number of thiazole rings is 1. The van der Waals surface area contributed by atoms with Gasteiger partial charge >= 0.3 is 6.18 Å². The van der Waals surface area contributed by atoms with Gasteiger partial charge in [0.15, 0.2) is 0 Å². The zero-order valence-electron chi connectivity index (χ0n) is 12.6. The Bertz CT molecular complexity index is 870. The number of allylic oxidation sites excluding steroid dienone is 1. The highest BCUT2D eigenvalue weighted by molar-refractivity contribution is 7.10. The van der Waals surface area contributed by atoms with Crippen molar-refractivity contribution in [1.82, 2.24) is 10.4 Å². The number of hydrogen-bond acceptors (Lipinski definition) is 7. The summed E-state index contributed by atoms with van der Waals surface area (Å²) in [5, 5.41) is 22.3. The third-order valence-corrected chi connectivity index (χ3v) is 3.91. The molecule has 0 amide bonds. The van der Waals surface area contributed by atoms with Crippen LogP contribution in [0.4, 0.5) is 24.5 Å². The fourth-order valence-corrected chi connectivity index (χ4v) is 2.53. The van der Waals surface area contributed by atoms with Crippen LogP contribution in [0.2, 0.25) is 0 Å². The van der Waals surface area contributed by atoms with Gasteiger partial charge in [-0.25, -0.2) is 4.98 Å². The minimum atomic E-state index is -4.69. The molecule has 2 rings (SSSR count). The number of aryl methyl sites for hydroxylation is 1. The second-order valence-corrected chi connectivity index (χ2v) is 5.58. The topological polar surface area (TPSA) is 104 Å². The number of rotatable bonds is 5. The summed E-state index contributed by atoms with van der Waals surface area (Å²) < 4.78 is 37.9. The van der Waals surface area contributed by atoms with E-state index in [9.17, 15) is 23.3 Å². The van der Waals surface area contributed by atoms with E-state index in [2.05, 4.69) is 15.8 Å². The van der Waals surface area contributed by atoms with Crippen molar-refractivity contribution in [2.45, 2.75) is 13.1 Å². The summed E-state index contributed by atoms with van der Waals surface area (Å²) >= 11 is 1.24. The summed E-state index contributed by atoms with van der Waals surface area (Å²) in [4.78, 5) is 14.2. The zero-order valence-corrected chi connectivity index (χ0v) is 13.4. The van der Waals surface area contributed by atoms with E-state index < -0.39 is 22.4 Å². The van der Waals surface area contributed by atoms with Crippen LogP contribution < -0.4 is 10.9 Å². The van der Waals surface area contributed by atoms with E-state index in [1.165, 1.54) is 17.5 Å². The molecule has 1 aromatic heterocycles. The number of nitro benzene ring substituents is 1. The number of nitriles is 1. The van der Waals surface area contributed by atoms with Crippen LogP contribution in [0.3, 0.4) is 0 Å². The molecule has 11 heteroatoms. The fraction of sp³-hybridized carbons (Fsp3) is 0.143. The molecule has 0 atom stereocenters. The maximum atomic E-state index is 12.6. The van der Waals surface area contributed by atoms with E-state index in [0.29, 0.717) is 11.1 Å². The minimum Gasteiger partial charge on any atom is -0.307 e. The molecule has 25 heavy (non-hydrogen) atoms. The van der Waals surface area contributed by atoms with Gasteiger partial charge in [-0.05, 0) is 19.1 Å².